The first-order chi connectivity index (χ1) is 6.64. The van der Waals surface area contributed by atoms with Crippen molar-refractivity contribution in [2.45, 2.75) is 44.8 Å². The first-order valence-electron chi connectivity index (χ1n) is 5.63. The Morgan fingerprint density at radius 2 is 1.93 bits per heavy atom. The highest BCUT2D eigenvalue weighted by molar-refractivity contribution is 4.80. The van der Waals surface area contributed by atoms with E-state index in [4.69, 9.17) is 4.74 Å². The molecule has 3 nitrogen and oxygen atoms in total. The maximum atomic E-state index is 5.34. The van der Waals surface area contributed by atoms with E-state index in [2.05, 4.69) is 24.5 Å². The molecule has 0 unspecified atom stereocenters. The molecule has 0 aromatic carbocycles. The summed E-state index contributed by atoms with van der Waals surface area (Å²) in [5, 5.41) is 6.89. The Morgan fingerprint density at radius 3 is 2.50 bits per heavy atom. The minimum atomic E-state index is 0.0108. The van der Waals surface area contributed by atoms with E-state index < -0.39 is 0 Å². The van der Waals surface area contributed by atoms with Gasteiger partial charge in [0.25, 0.3) is 0 Å². The maximum absolute atomic E-state index is 5.34. The standard InChI is InChI=1S/C11H24N2O/c1-11(2,14-3)6-7-12-8-9-13-10-4-5-10/h10,12-13H,4-9H2,1-3H3. The Bertz CT molecular complexity index is 155. The van der Waals surface area contributed by atoms with Crippen molar-refractivity contribution >= 4 is 0 Å². The van der Waals surface area contributed by atoms with Crippen molar-refractivity contribution in [1.29, 1.82) is 0 Å². The minimum Gasteiger partial charge on any atom is -0.379 e. The van der Waals surface area contributed by atoms with E-state index in [0.29, 0.717) is 0 Å². The van der Waals surface area contributed by atoms with E-state index in [1.54, 1.807) is 7.11 Å². The largest absolute Gasteiger partial charge is 0.379 e. The first kappa shape index (κ1) is 12.0. The average molecular weight is 200 g/mol. The molecule has 1 aliphatic carbocycles. The summed E-state index contributed by atoms with van der Waals surface area (Å²) in [6, 6.07) is 0.826. The van der Waals surface area contributed by atoms with E-state index in [1.165, 1.54) is 12.8 Å². The summed E-state index contributed by atoms with van der Waals surface area (Å²) in [4.78, 5) is 0. The second kappa shape index (κ2) is 5.69. The van der Waals surface area contributed by atoms with Crippen molar-refractivity contribution in [2.75, 3.05) is 26.7 Å². The van der Waals surface area contributed by atoms with E-state index in [0.717, 1.165) is 32.1 Å². The van der Waals surface area contributed by atoms with E-state index in [9.17, 15) is 0 Å². The van der Waals surface area contributed by atoms with Gasteiger partial charge in [-0.25, -0.2) is 0 Å². The number of hydrogen-bond acceptors (Lipinski definition) is 3. The van der Waals surface area contributed by atoms with Gasteiger partial charge in [-0.2, -0.15) is 0 Å². The normalized spacial score (nSPS) is 17.4. The van der Waals surface area contributed by atoms with Crippen LogP contribution in [0.1, 0.15) is 33.1 Å². The van der Waals surface area contributed by atoms with Crippen LogP contribution in [0.15, 0.2) is 0 Å². The predicted octanol–water partition coefficient (Wildman–Crippen LogP) is 1.14. The second-order valence-corrected chi connectivity index (χ2v) is 4.69. The molecule has 0 heterocycles. The fourth-order valence-electron chi connectivity index (χ4n) is 1.27. The highest BCUT2D eigenvalue weighted by atomic mass is 16.5. The van der Waals surface area contributed by atoms with Crippen molar-refractivity contribution in [3.8, 4) is 0 Å². The molecule has 0 aromatic rings. The number of methoxy groups -OCH3 is 1. The number of ether oxygens (including phenoxy) is 1. The molecule has 84 valence electrons. The minimum absolute atomic E-state index is 0.0108. The number of nitrogens with one attached hydrogen (secondary N) is 2. The maximum Gasteiger partial charge on any atom is 0.0634 e. The van der Waals surface area contributed by atoms with Crippen molar-refractivity contribution < 1.29 is 4.74 Å². The molecule has 0 amide bonds. The molecule has 0 spiro atoms. The molecule has 0 saturated heterocycles. The molecule has 14 heavy (non-hydrogen) atoms. The quantitative estimate of drug-likeness (QED) is 0.577. The van der Waals surface area contributed by atoms with E-state index in [-0.39, 0.29) is 5.60 Å². The third kappa shape index (κ3) is 5.58. The van der Waals surface area contributed by atoms with Gasteiger partial charge < -0.3 is 15.4 Å². The summed E-state index contributed by atoms with van der Waals surface area (Å²) in [6.45, 7) is 7.44. The summed E-state index contributed by atoms with van der Waals surface area (Å²) in [5.74, 6) is 0. The van der Waals surface area contributed by atoms with Gasteiger partial charge in [0.15, 0.2) is 0 Å². The van der Waals surface area contributed by atoms with Gasteiger partial charge in [-0.3, -0.25) is 0 Å². The third-order valence-corrected chi connectivity index (χ3v) is 2.77. The van der Waals surface area contributed by atoms with Crippen LogP contribution in [0, 0.1) is 0 Å². The van der Waals surface area contributed by atoms with Gasteiger partial charge in [0, 0.05) is 26.2 Å². The molecule has 1 saturated carbocycles. The Kier molecular flexibility index (Phi) is 4.85. The van der Waals surface area contributed by atoms with E-state index in [1.807, 2.05) is 0 Å². The molecule has 1 aliphatic rings. The van der Waals surface area contributed by atoms with Crippen LogP contribution >= 0.6 is 0 Å². The summed E-state index contributed by atoms with van der Waals surface area (Å²) in [6.07, 6.45) is 3.81. The highest BCUT2D eigenvalue weighted by Gasteiger charge is 2.19. The van der Waals surface area contributed by atoms with Gasteiger partial charge in [-0.1, -0.05) is 0 Å². The summed E-state index contributed by atoms with van der Waals surface area (Å²) in [5.41, 5.74) is 0.0108. The second-order valence-electron chi connectivity index (χ2n) is 4.69. The molecule has 1 fully saturated rings. The van der Waals surface area contributed by atoms with Gasteiger partial charge in [-0.15, -0.1) is 0 Å². The first-order valence-corrected chi connectivity index (χ1v) is 5.63. The molecular weight excluding hydrogens is 176 g/mol. The zero-order chi connectivity index (χ0) is 10.4. The average Bonchev–Trinajstić information content (AvgIpc) is 2.95. The molecule has 0 aromatic heterocycles. The third-order valence-electron chi connectivity index (χ3n) is 2.77. The molecular formula is C11H24N2O. The van der Waals surface area contributed by atoms with Crippen LogP contribution in [0.2, 0.25) is 0 Å². The number of hydrogen-bond donors (Lipinski definition) is 2. The molecule has 1 rings (SSSR count). The summed E-state index contributed by atoms with van der Waals surface area (Å²) in [7, 11) is 1.77. The molecule has 3 heteroatoms. The summed E-state index contributed by atoms with van der Waals surface area (Å²) < 4.78 is 5.34. The van der Waals surface area contributed by atoms with Crippen LogP contribution < -0.4 is 10.6 Å². The zero-order valence-electron chi connectivity index (χ0n) is 9.73. The zero-order valence-corrected chi connectivity index (χ0v) is 9.73. The molecule has 0 radical (unpaired) electrons. The topological polar surface area (TPSA) is 33.3 Å². The lowest BCUT2D eigenvalue weighted by Gasteiger charge is -2.22. The smallest absolute Gasteiger partial charge is 0.0634 e. The van der Waals surface area contributed by atoms with E-state index >= 15 is 0 Å². The van der Waals surface area contributed by atoms with Crippen LogP contribution in [0.3, 0.4) is 0 Å². The molecule has 2 N–H and O–H groups in total. The van der Waals surface area contributed by atoms with Crippen LogP contribution in [0.5, 0.6) is 0 Å². The Labute approximate surface area is 87.6 Å². The fourth-order valence-corrected chi connectivity index (χ4v) is 1.27. The molecule has 0 bridgehead atoms. The van der Waals surface area contributed by atoms with Crippen LogP contribution in [0.4, 0.5) is 0 Å². The van der Waals surface area contributed by atoms with Crippen LogP contribution in [-0.2, 0) is 4.74 Å². The lowest BCUT2D eigenvalue weighted by Crippen LogP contribution is -2.33. The lowest BCUT2D eigenvalue weighted by atomic mass is 10.1. The summed E-state index contributed by atoms with van der Waals surface area (Å²) >= 11 is 0. The SMILES string of the molecule is COC(C)(C)CCNCCNC1CC1. The Morgan fingerprint density at radius 1 is 1.21 bits per heavy atom. The van der Waals surface area contributed by atoms with Gasteiger partial charge in [-0.05, 0) is 39.7 Å². The Balaban J connectivity index is 1.83. The molecule has 0 atom stereocenters. The van der Waals surface area contributed by atoms with Crippen molar-refractivity contribution in [3.63, 3.8) is 0 Å². The fraction of sp³-hybridized carbons (Fsp3) is 1.00. The van der Waals surface area contributed by atoms with Crippen molar-refractivity contribution in [2.24, 2.45) is 0 Å². The highest BCUT2D eigenvalue weighted by Crippen LogP contribution is 2.17. The number of rotatable bonds is 8. The van der Waals surface area contributed by atoms with Gasteiger partial charge in [0.05, 0.1) is 5.60 Å². The van der Waals surface area contributed by atoms with Crippen LogP contribution in [0.25, 0.3) is 0 Å². The van der Waals surface area contributed by atoms with Crippen LogP contribution in [-0.4, -0.2) is 38.4 Å². The van der Waals surface area contributed by atoms with Gasteiger partial charge in [0.2, 0.25) is 0 Å². The molecule has 0 aliphatic heterocycles. The van der Waals surface area contributed by atoms with Gasteiger partial charge >= 0.3 is 0 Å². The van der Waals surface area contributed by atoms with Gasteiger partial charge in [0.1, 0.15) is 0 Å². The van der Waals surface area contributed by atoms with Crippen molar-refractivity contribution in [3.05, 3.63) is 0 Å². The monoisotopic (exact) mass is 200 g/mol. The lowest BCUT2D eigenvalue weighted by molar-refractivity contribution is 0.0159. The van der Waals surface area contributed by atoms with Crippen molar-refractivity contribution in [1.82, 2.24) is 10.6 Å². The Hall–Kier alpha value is -0.120. The predicted molar refractivity (Wildman–Crippen MR) is 59.6 cm³/mol.